The SMILES string of the molecule is Nc1ncnc2n[nH]c(-c3ccc(Oc4c(F)cccc4F)cc3)c12. The van der Waals surface area contributed by atoms with Gasteiger partial charge in [-0.15, -0.1) is 0 Å². The lowest BCUT2D eigenvalue weighted by atomic mass is 10.1. The van der Waals surface area contributed by atoms with Crippen LogP contribution in [0.2, 0.25) is 0 Å². The molecule has 0 unspecified atom stereocenters. The van der Waals surface area contributed by atoms with E-state index in [1.165, 1.54) is 12.4 Å². The Labute approximate surface area is 140 Å². The van der Waals surface area contributed by atoms with Gasteiger partial charge in [0.1, 0.15) is 17.9 Å². The zero-order valence-corrected chi connectivity index (χ0v) is 12.7. The summed E-state index contributed by atoms with van der Waals surface area (Å²) in [4.78, 5) is 8.00. The highest BCUT2D eigenvalue weighted by atomic mass is 19.1. The number of ether oxygens (including phenoxy) is 1. The molecule has 4 rings (SSSR count). The number of aromatic amines is 1. The first kappa shape index (κ1) is 15.0. The number of H-pyrrole nitrogens is 1. The van der Waals surface area contributed by atoms with Crippen molar-refractivity contribution in [2.24, 2.45) is 0 Å². The number of nitrogen functional groups attached to an aromatic ring is 1. The number of hydrogen-bond acceptors (Lipinski definition) is 5. The van der Waals surface area contributed by atoms with Crippen LogP contribution in [0.4, 0.5) is 14.6 Å². The number of rotatable bonds is 3. The van der Waals surface area contributed by atoms with Gasteiger partial charge in [-0.2, -0.15) is 5.10 Å². The average Bonchev–Trinajstić information content (AvgIpc) is 3.04. The zero-order chi connectivity index (χ0) is 17.4. The number of nitrogens with one attached hydrogen (secondary N) is 1. The van der Waals surface area contributed by atoms with Gasteiger partial charge in [-0.05, 0) is 36.4 Å². The standard InChI is InChI=1S/C17H11F2N5O/c18-11-2-1-3-12(19)15(11)25-10-6-4-9(5-7-10)14-13-16(20)21-8-22-17(13)24-23-14/h1-8H,(H3,20,21,22,23,24). The van der Waals surface area contributed by atoms with Crippen molar-refractivity contribution in [3.8, 4) is 22.8 Å². The van der Waals surface area contributed by atoms with Gasteiger partial charge in [0.2, 0.25) is 0 Å². The van der Waals surface area contributed by atoms with Crippen molar-refractivity contribution in [2.75, 3.05) is 5.73 Å². The fourth-order valence-corrected chi connectivity index (χ4v) is 2.48. The van der Waals surface area contributed by atoms with Crippen molar-refractivity contribution in [3.05, 3.63) is 60.4 Å². The van der Waals surface area contributed by atoms with E-state index < -0.39 is 17.4 Å². The molecule has 6 nitrogen and oxygen atoms in total. The lowest BCUT2D eigenvalue weighted by Gasteiger charge is -2.08. The van der Waals surface area contributed by atoms with Crippen LogP contribution in [0.1, 0.15) is 0 Å². The van der Waals surface area contributed by atoms with E-state index in [9.17, 15) is 8.78 Å². The summed E-state index contributed by atoms with van der Waals surface area (Å²) in [6.45, 7) is 0. The number of anilines is 1. The summed E-state index contributed by atoms with van der Waals surface area (Å²) in [5, 5.41) is 7.56. The molecule has 25 heavy (non-hydrogen) atoms. The summed E-state index contributed by atoms with van der Waals surface area (Å²) in [5.74, 6) is -1.38. The largest absolute Gasteiger partial charge is 0.451 e. The Balaban J connectivity index is 1.68. The molecular weight excluding hydrogens is 328 g/mol. The predicted octanol–water partition coefficient (Wildman–Crippen LogP) is 3.67. The summed E-state index contributed by atoms with van der Waals surface area (Å²) in [5.41, 5.74) is 7.74. The molecule has 0 aliphatic rings. The van der Waals surface area contributed by atoms with Crippen molar-refractivity contribution in [1.29, 1.82) is 0 Å². The molecule has 124 valence electrons. The van der Waals surface area contributed by atoms with Gasteiger partial charge < -0.3 is 10.5 Å². The lowest BCUT2D eigenvalue weighted by Crippen LogP contribution is -1.93. The van der Waals surface area contributed by atoms with E-state index >= 15 is 0 Å². The van der Waals surface area contributed by atoms with Crippen molar-refractivity contribution in [3.63, 3.8) is 0 Å². The van der Waals surface area contributed by atoms with Crippen LogP contribution in [-0.4, -0.2) is 20.2 Å². The Bertz CT molecular complexity index is 1040. The first-order valence-corrected chi connectivity index (χ1v) is 7.30. The highest BCUT2D eigenvalue weighted by Gasteiger charge is 2.14. The van der Waals surface area contributed by atoms with Crippen molar-refractivity contribution in [2.45, 2.75) is 0 Å². The van der Waals surface area contributed by atoms with Crippen LogP contribution in [0.5, 0.6) is 11.5 Å². The quantitative estimate of drug-likeness (QED) is 0.594. The fourth-order valence-electron chi connectivity index (χ4n) is 2.48. The van der Waals surface area contributed by atoms with E-state index in [0.29, 0.717) is 28.3 Å². The number of aromatic nitrogens is 4. The van der Waals surface area contributed by atoms with Gasteiger partial charge in [0.15, 0.2) is 23.0 Å². The Hall–Kier alpha value is -3.55. The second kappa shape index (κ2) is 5.82. The van der Waals surface area contributed by atoms with Gasteiger partial charge in [0, 0.05) is 5.56 Å². The number of benzene rings is 2. The highest BCUT2D eigenvalue weighted by molar-refractivity contribution is 5.97. The van der Waals surface area contributed by atoms with Crippen LogP contribution in [0.15, 0.2) is 48.8 Å². The fraction of sp³-hybridized carbons (Fsp3) is 0. The van der Waals surface area contributed by atoms with E-state index in [1.807, 2.05) is 0 Å². The van der Waals surface area contributed by atoms with E-state index in [1.54, 1.807) is 24.3 Å². The van der Waals surface area contributed by atoms with E-state index in [2.05, 4.69) is 20.2 Å². The summed E-state index contributed by atoms with van der Waals surface area (Å²) < 4.78 is 32.6. The molecule has 0 aliphatic carbocycles. The minimum atomic E-state index is -0.770. The van der Waals surface area contributed by atoms with Gasteiger partial charge >= 0.3 is 0 Å². The summed E-state index contributed by atoms with van der Waals surface area (Å²) in [7, 11) is 0. The third-order valence-corrected chi connectivity index (χ3v) is 3.66. The van der Waals surface area contributed by atoms with E-state index in [4.69, 9.17) is 10.5 Å². The number of para-hydroxylation sites is 1. The molecular formula is C17H11F2N5O. The minimum absolute atomic E-state index is 0.292. The average molecular weight is 339 g/mol. The smallest absolute Gasteiger partial charge is 0.198 e. The number of hydrogen-bond donors (Lipinski definition) is 2. The molecule has 0 radical (unpaired) electrons. The molecule has 3 N–H and O–H groups in total. The summed E-state index contributed by atoms with van der Waals surface area (Å²) in [6, 6.07) is 10.2. The first-order chi connectivity index (χ1) is 12.1. The van der Waals surface area contributed by atoms with E-state index in [0.717, 1.165) is 17.7 Å². The molecule has 0 bridgehead atoms. The molecule has 0 fully saturated rings. The Morgan fingerprint density at radius 1 is 0.960 bits per heavy atom. The van der Waals surface area contributed by atoms with Crippen LogP contribution < -0.4 is 10.5 Å². The minimum Gasteiger partial charge on any atom is -0.451 e. The van der Waals surface area contributed by atoms with Crippen LogP contribution in [0, 0.1) is 11.6 Å². The normalized spacial score (nSPS) is 11.0. The molecule has 0 atom stereocenters. The number of halogens is 2. The maximum Gasteiger partial charge on any atom is 0.198 e. The van der Waals surface area contributed by atoms with Gasteiger partial charge in [-0.25, -0.2) is 18.7 Å². The summed E-state index contributed by atoms with van der Waals surface area (Å²) in [6.07, 6.45) is 1.34. The third-order valence-electron chi connectivity index (χ3n) is 3.66. The Morgan fingerprint density at radius 3 is 2.40 bits per heavy atom. The third kappa shape index (κ3) is 2.63. The van der Waals surface area contributed by atoms with Crippen LogP contribution in [0.3, 0.4) is 0 Å². The van der Waals surface area contributed by atoms with Crippen LogP contribution >= 0.6 is 0 Å². The molecule has 0 aliphatic heterocycles. The van der Waals surface area contributed by atoms with Crippen molar-refractivity contribution in [1.82, 2.24) is 20.2 Å². The van der Waals surface area contributed by atoms with Gasteiger partial charge in [0.05, 0.1) is 11.1 Å². The van der Waals surface area contributed by atoms with Gasteiger partial charge in [-0.1, -0.05) is 6.07 Å². The maximum atomic E-state index is 13.7. The molecule has 0 saturated heterocycles. The van der Waals surface area contributed by atoms with Crippen molar-refractivity contribution >= 4 is 16.9 Å². The maximum absolute atomic E-state index is 13.7. The monoisotopic (exact) mass is 339 g/mol. The van der Waals surface area contributed by atoms with E-state index in [-0.39, 0.29) is 0 Å². The second-order valence-corrected chi connectivity index (χ2v) is 5.23. The second-order valence-electron chi connectivity index (χ2n) is 5.23. The molecule has 0 spiro atoms. The Kier molecular flexibility index (Phi) is 3.50. The molecule has 2 aromatic heterocycles. The van der Waals surface area contributed by atoms with Crippen molar-refractivity contribution < 1.29 is 13.5 Å². The zero-order valence-electron chi connectivity index (χ0n) is 12.7. The topological polar surface area (TPSA) is 89.7 Å². The Morgan fingerprint density at radius 2 is 1.68 bits per heavy atom. The van der Waals surface area contributed by atoms with Gasteiger partial charge in [0.25, 0.3) is 0 Å². The first-order valence-electron chi connectivity index (χ1n) is 7.30. The molecule has 2 heterocycles. The summed E-state index contributed by atoms with van der Waals surface area (Å²) >= 11 is 0. The molecule has 0 saturated carbocycles. The van der Waals surface area contributed by atoms with Crippen LogP contribution in [0.25, 0.3) is 22.3 Å². The number of fused-ring (bicyclic) bond motifs is 1. The predicted molar refractivity (Wildman–Crippen MR) is 88.0 cm³/mol. The molecule has 0 amide bonds. The van der Waals surface area contributed by atoms with Gasteiger partial charge in [-0.3, -0.25) is 5.10 Å². The lowest BCUT2D eigenvalue weighted by molar-refractivity contribution is 0.407. The molecule has 8 heteroatoms. The number of nitrogens with zero attached hydrogens (tertiary/aromatic N) is 3. The molecule has 4 aromatic rings. The number of nitrogens with two attached hydrogens (primary N) is 1. The highest BCUT2D eigenvalue weighted by Crippen LogP contribution is 2.31. The van der Waals surface area contributed by atoms with Crippen LogP contribution in [-0.2, 0) is 0 Å². The molecule has 2 aromatic carbocycles.